The van der Waals surface area contributed by atoms with E-state index >= 15 is 0 Å². The summed E-state index contributed by atoms with van der Waals surface area (Å²) in [4.78, 5) is 36.9. The maximum Gasteiger partial charge on any atom is 0.259 e. The zero-order valence-electron chi connectivity index (χ0n) is 20.4. The Labute approximate surface area is 209 Å². The van der Waals surface area contributed by atoms with Crippen LogP contribution in [0.5, 0.6) is 0 Å². The average Bonchev–Trinajstić information content (AvgIpc) is 3.10. The Morgan fingerprint density at radius 3 is 2.76 bits per heavy atom. The summed E-state index contributed by atoms with van der Waals surface area (Å²) in [5, 5.41) is 3.47. The van der Waals surface area contributed by atoms with Gasteiger partial charge in [-0.05, 0) is 62.8 Å². The SMILES string of the molecule is Cc1sc2nc(CS[C@H](C)C(=O)NCc3ccc(CN4CCC[C@@H](C)C4)cc3)[nH]c(=O)c2c1C. The number of H-pyrrole nitrogens is 1. The third kappa shape index (κ3) is 6.09. The van der Waals surface area contributed by atoms with Gasteiger partial charge in [0.15, 0.2) is 0 Å². The van der Waals surface area contributed by atoms with Crippen LogP contribution in [-0.4, -0.2) is 39.1 Å². The summed E-state index contributed by atoms with van der Waals surface area (Å²) in [6.45, 7) is 12.0. The molecule has 3 heterocycles. The number of carbonyl (C=O) groups excluding carboxylic acids is 1. The molecule has 1 aliphatic heterocycles. The summed E-state index contributed by atoms with van der Waals surface area (Å²) in [5.41, 5.74) is 3.32. The number of piperidine rings is 1. The van der Waals surface area contributed by atoms with Crippen LogP contribution in [0.25, 0.3) is 10.2 Å². The highest BCUT2D eigenvalue weighted by Crippen LogP contribution is 2.26. The maximum absolute atomic E-state index is 12.6. The van der Waals surface area contributed by atoms with Gasteiger partial charge in [-0.3, -0.25) is 14.5 Å². The zero-order valence-corrected chi connectivity index (χ0v) is 22.1. The lowest BCUT2D eigenvalue weighted by molar-refractivity contribution is -0.120. The van der Waals surface area contributed by atoms with Crippen molar-refractivity contribution in [1.82, 2.24) is 20.2 Å². The minimum absolute atomic E-state index is 0.0115. The van der Waals surface area contributed by atoms with Gasteiger partial charge in [-0.25, -0.2) is 4.98 Å². The van der Waals surface area contributed by atoms with Crippen LogP contribution in [-0.2, 0) is 23.6 Å². The number of carbonyl (C=O) groups is 1. The first-order valence-electron chi connectivity index (χ1n) is 12.0. The monoisotopic (exact) mass is 498 g/mol. The second-order valence-electron chi connectivity index (χ2n) is 9.45. The highest BCUT2D eigenvalue weighted by Gasteiger charge is 2.17. The minimum atomic E-state index is -0.242. The van der Waals surface area contributed by atoms with E-state index in [2.05, 4.69) is 51.4 Å². The Morgan fingerprint density at radius 1 is 1.29 bits per heavy atom. The number of rotatable bonds is 8. The second kappa shape index (κ2) is 11.1. The van der Waals surface area contributed by atoms with Crippen LogP contribution >= 0.6 is 23.1 Å². The van der Waals surface area contributed by atoms with E-state index < -0.39 is 0 Å². The first-order valence-corrected chi connectivity index (χ1v) is 13.8. The zero-order chi connectivity index (χ0) is 24.2. The van der Waals surface area contributed by atoms with Crippen molar-refractivity contribution in [2.75, 3.05) is 13.1 Å². The van der Waals surface area contributed by atoms with Crippen LogP contribution in [0.2, 0.25) is 0 Å². The van der Waals surface area contributed by atoms with Gasteiger partial charge in [-0.1, -0.05) is 31.2 Å². The van der Waals surface area contributed by atoms with Gasteiger partial charge in [-0.2, -0.15) is 0 Å². The summed E-state index contributed by atoms with van der Waals surface area (Å²) in [5.74, 6) is 1.87. The van der Waals surface area contributed by atoms with Crippen molar-refractivity contribution in [2.45, 2.75) is 64.6 Å². The van der Waals surface area contributed by atoms with E-state index in [-0.39, 0.29) is 16.7 Å². The summed E-state index contributed by atoms with van der Waals surface area (Å²) in [6.07, 6.45) is 2.62. The van der Waals surface area contributed by atoms with Crippen LogP contribution in [0, 0.1) is 19.8 Å². The van der Waals surface area contributed by atoms with E-state index in [1.807, 2.05) is 20.8 Å². The number of nitrogens with one attached hydrogen (secondary N) is 2. The molecule has 182 valence electrons. The number of nitrogens with zero attached hydrogens (tertiary/aromatic N) is 2. The molecule has 1 saturated heterocycles. The number of amides is 1. The molecule has 1 aliphatic rings. The van der Waals surface area contributed by atoms with Crippen molar-refractivity contribution in [1.29, 1.82) is 0 Å². The number of thioether (sulfide) groups is 1. The molecule has 0 spiro atoms. The number of aryl methyl sites for hydroxylation is 2. The number of benzene rings is 1. The first kappa shape index (κ1) is 24.9. The summed E-state index contributed by atoms with van der Waals surface area (Å²) in [7, 11) is 0. The minimum Gasteiger partial charge on any atom is -0.351 e. The Morgan fingerprint density at radius 2 is 2.03 bits per heavy atom. The third-order valence-corrected chi connectivity index (χ3v) is 8.82. The molecule has 0 unspecified atom stereocenters. The molecule has 6 nitrogen and oxygen atoms in total. The molecule has 0 aliphatic carbocycles. The molecular formula is C26H34N4O2S2. The Hall–Kier alpha value is -2.16. The molecule has 2 N–H and O–H groups in total. The lowest BCUT2D eigenvalue weighted by Gasteiger charge is -2.30. The predicted molar refractivity (Wildman–Crippen MR) is 142 cm³/mol. The molecular weight excluding hydrogens is 464 g/mol. The maximum atomic E-state index is 12.6. The molecule has 0 bridgehead atoms. The largest absolute Gasteiger partial charge is 0.351 e. The van der Waals surface area contributed by atoms with Crippen LogP contribution in [0.3, 0.4) is 0 Å². The van der Waals surface area contributed by atoms with E-state index in [0.717, 1.165) is 33.3 Å². The van der Waals surface area contributed by atoms with Gasteiger partial charge in [0.05, 0.1) is 16.4 Å². The van der Waals surface area contributed by atoms with E-state index in [0.29, 0.717) is 23.5 Å². The predicted octanol–water partition coefficient (Wildman–Crippen LogP) is 4.77. The standard InChI is InChI=1S/C26H34N4O2S2/c1-16-6-5-11-30(13-16)14-21-9-7-20(8-10-21)12-27-24(31)19(4)33-15-22-28-25(32)23-17(2)18(3)34-26(23)29-22/h7-10,16,19H,5-6,11-15H2,1-4H3,(H,27,31)(H,28,29,32)/t16-,19-/m1/s1. The fourth-order valence-corrected chi connectivity index (χ4v) is 6.26. The molecule has 8 heteroatoms. The number of likely N-dealkylation sites (tertiary alicyclic amines) is 1. The summed E-state index contributed by atoms with van der Waals surface area (Å²) in [6, 6.07) is 8.56. The fraction of sp³-hybridized carbons (Fsp3) is 0.500. The third-order valence-electron chi connectivity index (χ3n) is 6.56. The molecule has 0 saturated carbocycles. The molecule has 1 amide bonds. The number of aromatic amines is 1. The van der Waals surface area contributed by atoms with E-state index in [9.17, 15) is 9.59 Å². The topological polar surface area (TPSA) is 78.1 Å². The fourth-order valence-electron chi connectivity index (χ4n) is 4.43. The molecule has 34 heavy (non-hydrogen) atoms. The highest BCUT2D eigenvalue weighted by atomic mass is 32.2. The van der Waals surface area contributed by atoms with E-state index in [4.69, 9.17) is 0 Å². The van der Waals surface area contributed by atoms with Crippen LogP contribution in [0.15, 0.2) is 29.1 Å². The lowest BCUT2D eigenvalue weighted by atomic mass is 9.99. The van der Waals surface area contributed by atoms with Crippen molar-refractivity contribution >= 4 is 39.2 Å². The summed E-state index contributed by atoms with van der Waals surface area (Å²) >= 11 is 3.02. The number of fused-ring (bicyclic) bond motifs is 1. The van der Waals surface area contributed by atoms with Crippen LogP contribution < -0.4 is 10.9 Å². The van der Waals surface area contributed by atoms with Gasteiger partial charge < -0.3 is 10.3 Å². The number of thiophene rings is 1. The number of hydrogen-bond acceptors (Lipinski definition) is 6. The Kier molecular flexibility index (Phi) is 8.11. The van der Waals surface area contributed by atoms with Gasteiger partial charge >= 0.3 is 0 Å². The quantitative estimate of drug-likeness (QED) is 0.468. The molecule has 2 atom stereocenters. The van der Waals surface area contributed by atoms with Gasteiger partial charge in [0.25, 0.3) is 5.56 Å². The molecule has 1 fully saturated rings. The van der Waals surface area contributed by atoms with E-state index in [1.54, 1.807) is 11.3 Å². The Balaban J connectivity index is 1.25. The van der Waals surface area contributed by atoms with Crippen LogP contribution in [0.4, 0.5) is 0 Å². The van der Waals surface area contributed by atoms with Gasteiger partial charge in [0, 0.05) is 24.5 Å². The van der Waals surface area contributed by atoms with Gasteiger partial charge in [-0.15, -0.1) is 23.1 Å². The molecule has 0 radical (unpaired) electrons. The molecule has 1 aromatic carbocycles. The number of hydrogen-bond donors (Lipinski definition) is 2. The number of aromatic nitrogens is 2. The average molecular weight is 499 g/mol. The summed E-state index contributed by atoms with van der Waals surface area (Å²) < 4.78 is 0. The lowest BCUT2D eigenvalue weighted by Crippen LogP contribution is -2.33. The van der Waals surface area contributed by atoms with Crippen molar-refractivity contribution < 1.29 is 4.79 Å². The van der Waals surface area contributed by atoms with Gasteiger partial charge in [0.1, 0.15) is 10.7 Å². The van der Waals surface area contributed by atoms with Crippen LogP contribution in [0.1, 0.15) is 54.1 Å². The first-order chi connectivity index (χ1) is 16.3. The molecule has 3 aromatic rings. The molecule has 2 aromatic heterocycles. The normalized spacial score (nSPS) is 17.7. The highest BCUT2D eigenvalue weighted by molar-refractivity contribution is 7.99. The van der Waals surface area contributed by atoms with Gasteiger partial charge in [0.2, 0.25) is 5.91 Å². The molecule has 4 rings (SSSR count). The van der Waals surface area contributed by atoms with Crippen molar-refractivity contribution in [3.8, 4) is 0 Å². The smallest absolute Gasteiger partial charge is 0.259 e. The van der Waals surface area contributed by atoms with Crippen molar-refractivity contribution in [3.63, 3.8) is 0 Å². The second-order valence-corrected chi connectivity index (χ2v) is 12.0. The van der Waals surface area contributed by atoms with Crippen molar-refractivity contribution in [3.05, 3.63) is 62.0 Å². The van der Waals surface area contributed by atoms with E-state index in [1.165, 1.54) is 43.3 Å². The van der Waals surface area contributed by atoms with Crippen molar-refractivity contribution in [2.24, 2.45) is 5.92 Å². The Bertz CT molecular complexity index is 1200.